The van der Waals surface area contributed by atoms with Gasteiger partial charge >= 0.3 is 0 Å². The van der Waals surface area contributed by atoms with Crippen LogP contribution in [0.25, 0.3) is 0 Å². The van der Waals surface area contributed by atoms with E-state index >= 15 is 0 Å². The van der Waals surface area contributed by atoms with Crippen molar-refractivity contribution in [3.8, 4) is 0 Å². The lowest BCUT2D eigenvalue weighted by Gasteiger charge is -2.13. The second kappa shape index (κ2) is 8.12. The Morgan fingerprint density at radius 1 is 1.08 bits per heavy atom. The van der Waals surface area contributed by atoms with Gasteiger partial charge in [-0.15, -0.1) is 0 Å². The molecule has 0 spiro atoms. The molecule has 1 aromatic carbocycles. The summed E-state index contributed by atoms with van der Waals surface area (Å²) in [5.74, 6) is 0.0872. The summed E-state index contributed by atoms with van der Waals surface area (Å²) < 4.78 is 0. The zero-order valence-electron chi connectivity index (χ0n) is 15.3. The Balaban J connectivity index is 1.38. The molecule has 2 amide bonds. The van der Waals surface area contributed by atoms with E-state index in [0.29, 0.717) is 36.9 Å². The number of aliphatic hydroxyl groups excluding tert-OH is 1. The van der Waals surface area contributed by atoms with Gasteiger partial charge in [-0.25, -0.2) is 0 Å². The molecule has 1 aliphatic heterocycles. The van der Waals surface area contributed by atoms with E-state index in [-0.39, 0.29) is 35.5 Å². The summed E-state index contributed by atoms with van der Waals surface area (Å²) in [6.07, 6.45) is 4.82. The van der Waals surface area contributed by atoms with Crippen LogP contribution in [0, 0.1) is 11.8 Å². The molecule has 5 nitrogen and oxygen atoms in total. The number of fused-ring (bicyclic) bond motifs is 1. The van der Waals surface area contributed by atoms with Gasteiger partial charge < -0.3 is 5.11 Å². The third-order valence-electron chi connectivity index (χ3n) is 5.82. The molecule has 3 unspecified atom stereocenters. The van der Waals surface area contributed by atoms with Crippen molar-refractivity contribution in [2.45, 2.75) is 58.0 Å². The first-order valence-electron chi connectivity index (χ1n) is 9.69. The third-order valence-corrected chi connectivity index (χ3v) is 5.82. The number of ketones is 1. The Bertz CT molecular complexity index is 664. The molecule has 0 bridgehead atoms. The minimum atomic E-state index is -0.331. The van der Waals surface area contributed by atoms with Gasteiger partial charge in [0.2, 0.25) is 0 Å². The number of hydrogen-bond acceptors (Lipinski definition) is 4. The van der Waals surface area contributed by atoms with E-state index < -0.39 is 0 Å². The van der Waals surface area contributed by atoms with Crippen LogP contribution in [0.15, 0.2) is 24.3 Å². The first kappa shape index (κ1) is 18.8. The zero-order chi connectivity index (χ0) is 18.7. The van der Waals surface area contributed by atoms with Crippen LogP contribution in [0.1, 0.15) is 72.6 Å². The van der Waals surface area contributed by atoms with E-state index in [9.17, 15) is 19.5 Å². The van der Waals surface area contributed by atoms with Gasteiger partial charge in [-0.1, -0.05) is 31.9 Å². The number of unbranched alkanes of at least 4 members (excludes halogenated alkanes) is 2. The van der Waals surface area contributed by atoms with E-state index in [2.05, 4.69) is 6.92 Å². The number of aliphatic hydroxyl groups is 1. The highest BCUT2D eigenvalue weighted by Crippen LogP contribution is 2.34. The summed E-state index contributed by atoms with van der Waals surface area (Å²) in [6, 6.07) is 6.91. The number of amides is 2. The zero-order valence-corrected chi connectivity index (χ0v) is 15.3. The van der Waals surface area contributed by atoms with Gasteiger partial charge in [0.15, 0.2) is 0 Å². The van der Waals surface area contributed by atoms with Crippen molar-refractivity contribution in [1.29, 1.82) is 0 Å². The van der Waals surface area contributed by atoms with Crippen LogP contribution in [0.5, 0.6) is 0 Å². The highest BCUT2D eigenvalue weighted by Gasteiger charge is 2.36. The largest absolute Gasteiger partial charge is 0.393 e. The van der Waals surface area contributed by atoms with E-state index in [0.717, 1.165) is 25.7 Å². The number of benzene rings is 1. The van der Waals surface area contributed by atoms with Gasteiger partial charge in [-0.05, 0) is 43.7 Å². The molecule has 1 fully saturated rings. The summed E-state index contributed by atoms with van der Waals surface area (Å²) in [4.78, 5) is 38.1. The predicted molar refractivity (Wildman–Crippen MR) is 97.8 cm³/mol. The summed E-state index contributed by atoms with van der Waals surface area (Å²) in [5.41, 5.74) is 0.968. The van der Waals surface area contributed by atoms with Crippen molar-refractivity contribution in [3.63, 3.8) is 0 Å². The quantitative estimate of drug-likeness (QED) is 0.573. The molecule has 0 aromatic heterocycles. The fraction of sp³-hybridized carbons (Fsp3) is 0.571. The summed E-state index contributed by atoms with van der Waals surface area (Å²) in [6.45, 7) is 2.46. The molecule has 1 aliphatic carbocycles. The van der Waals surface area contributed by atoms with Gasteiger partial charge in [0.1, 0.15) is 5.78 Å². The number of imide groups is 1. The first-order valence-corrected chi connectivity index (χ1v) is 9.69. The normalized spacial score (nSPS) is 25.0. The van der Waals surface area contributed by atoms with Gasteiger partial charge in [0, 0.05) is 18.9 Å². The molecule has 140 valence electrons. The second-order valence-corrected chi connectivity index (χ2v) is 7.49. The van der Waals surface area contributed by atoms with Crippen LogP contribution in [-0.2, 0) is 4.79 Å². The van der Waals surface area contributed by atoms with Crippen LogP contribution >= 0.6 is 0 Å². The minimum Gasteiger partial charge on any atom is -0.393 e. The van der Waals surface area contributed by atoms with E-state index in [4.69, 9.17) is 0 Å². The molecule has 3 rings (SSSR count). The summed E-state index contributed by atoms with van der Waals surface area (Å²) in [7, 11) is 0. The van der Waals surface area contributed by atoms with Crippen molar-refractivity contribution in [3.05, 3.63) is 35.4 Å². The number of hydrogen-bond donors (Lipinski definition) is 1. The molecular weight excluding hydrogens is 330 g/mol. The smallest absolute Gasteiger partial charge is 0.261 e. The first-order chi connectivity index (χ1) is 12.5. The van der Waals surface area contributed by atoms with Crippen molar-refractivity contribution in [2.24, 2.45) is 11.8 Å². The molecule has 1 saturated carbocycles. The Labute approximate surface area is 154 Å². The van der Waals surface area contributed by atoms with E-state index in [1.165, 1.54) is 4.90 Å². The van der Waals surface area contributed by atoms with Crippen LogP contribution < -0.4 is 0 Å². The average molecular weight is 357 g/mol. The molecule has 2 aliphatic rings. The average Bonchev–Trinajstić information content (AvgIpc) is 3.14. The molecule has 3 atom stereocenters. The molecule has 26 heavy (non-hydrogen) atoms. The molecule has 1 aromatic rings. The number of carbonyl (C=O) groups excluding carboxylic acids is 3. The van der Waals surface area contributed by atoms with Gasteiger partial charge in [0.05, 0.1) is 17.2 Å². The second-order valence-electron chi connectivity index (χ2n) is 7.49. The Morgan fingerprint density at radius 2 is 1.73 bits per heavy atom. The van der Waals surface area contributed by atoms with Crippen LogP contribution in [0.2, 0.25) is 0 Å². The van der Waals surface area contributed by atoms with Crippen molar-refractivity contribution >= 4 is 17.6 Å². The van der Waals surface area contributed by atoms with E-state index in [1.54, 1.807) is 24.3 Å². The standard InChI is InChI=1S/C21H27NO4/c1-2-14-12-15(13-19(14)24)18(23)10-4-3-7-11-22-20(25)16-8-5-6-9-17(16)21(22)26/h5-6,8-9,14-15,19,24H,2-4,7,10-13H2,1H3. The van der Waals surface area contributed by atoms with Crippen LogP contribution in [-0.4, -0.2) is 40.3 Å². The van der Waals surface area contributed by atoms with Gasteiger partial charge in [-0.3, -0.25) is 19.3 Å². The Morgan fingerprint density at radius 3 is 2.31 bits per heavy atom. The summed E-state index contributed by atoms with van der Waals surface area (Å²) in [5, 5.41) is 9.94. The molecule has 1 N–H and O–H groups in total. The SMILES string of the molecule is CCC1CC(C(=O)CCCCCN2C(=O)c3ccccc3C2=O)CC1O. The molecule has 5 heteroatoms. The fourth-order valence-corrected chi connectivity index (χ4v) is 4.20. The molecule has 1 heterocycles. The third kappa shape index (κ3) is 3.73. The maximum atomic E-state index is 12.3. The van der Waals surface area contributed by atoms with E-state index in [1.807, 2.05) is 0 Å². The Hall–Kier alpha value is -2.01. The minimum absolute atomic E-state index is 0.00573. The number of carbonyl (C=O) groups is 3. The van der Waals surface area contributed by atoms with Crippen molar-refractivity contribution in [1.82, 2.24) is 4.90 Å². The van der Waals surface area contributed by atoms with Crippen molar-refractivity contribution < 1.29 is 19.5 Å². The van der Waals surface area contributed by atoms with Crippen LogP contribution in [0.4, 0.5) is 0 Å². The van der Waals surface area contributed by atoms with Crippen molar-refractivity contribution in [2.75, 3.05) is 6.54 Å². The highest BCUT2D eigenvalue weighted by atomic mass is 16.3. The number of Topliss-reactive ketones (excluding diaryl/α,β-unsaturated/α-hetero) is 1. The summed E-state index contributed by atoms with van der Waals surface area (Å²) >= 11 is 0. The fourth-order valence-electron chi connectivity index (χ4n) is 4.20. The lowest BCUT2D eigenvalue weighted by atomic mass is 9.96. The van der Waals surface area contributed by atoms with Gasteiger partial charge in [-0.2, -0.15) is 0 Å². The maximum Gasteiger partial charge on any atom is 0.261 e. The predicted octanol–water partition coefficient (Wildman–Crippen LogP) is 3.21. The Kier molecular flexibility index (Phi) is 5.87. The monoisotopic (exact) mass is 357 g/mol. The molecular formula is C21H27NO4. The maximum absolute atomic E-state index is 12.3. The topological polar surface area (TPSA) is 74.7 Å². The van der Waals surface area contributed by atoms with Crippen LogP contribution in [0.3, 0.4) is 0 Å². The van der Waals surface area contributed by atoms with Gasteiger partial charge in [0.25, 0.3) is 11.8 Å². The highest BCUT2D eigenvalue weighted by molar-refractivity contribution is 6.21. The molecule has 0 saturated heterocycles. The lowest BCUT2D eigenvalue weighted by Crippen LogP contribution is -2.30. The molecule has 0 radical (unpaired) electrons. The number of rotatable bonds is 8. The lowest BCUT2D eigenvalue weighted by molar-refractivity contribution is -0.123. The number of nitrogens with zero attached hydrogens (tertiary/aromatic N) is 1.